The summed E-state index contributed by atoms with van der Waals surface area (Å²) in [5, 5.41) is 0. The molecule has 2 aromatic rings. The third-order valence-corrected chi connectivity index (χ3v) is 5.01. The van der Waals surface area contributed by atoms with Crippen LogP contribution in [0.4, 0.5) is 8.78 Å². The maximum absolute atomic E-state index is 13.7. The standard InChI is InChI=1S/C24H34F2N2O/c1-3-5-6-7-8-9-11-24-27-16-20(17-28-24)19-12-14-21(15-13-19)29-18-23(26)22(25)10-4-2/h12-17,22-23H,3-11,18H2,1-2H3/t22-,23-/m0/s1. The Labute approximate surface area is 173 Å². The second-order valence-corrected chi connectivity index (χ2v) is 7.56. The number of rotatable bonds is 14. The first-order chi connectivity index (χ1) is 14.1. The minimum atomic E-state index is -1.60. The Morgan fingerprint density at radius 3 is 2.10 bits per heavy atom. The van der Waals surface area contributed by atoms with Crippen LogP contribution in [0, 0.1) is 0 Å². The van der Waals surface area contributed by atoms with E-state index in [0.717, 1.165) is 29.8 Å². The molecule has 0 radical (unpaired) electrons. The number of ether oxygens (including phenoxy) is 1. The van der Waals surface area contributed by atoms with Gasteiger partial charge in [-0.3, -0.25) is 0 Å². The highest BCUT2D eigenvalue weighted by molar-refractivity contribution is 5.62. The summed E-state index contributed by atoms with van der Waals surface area (Å²) in [6.07, 6.45) is 9.92. The summed E-state index contributed by atoms with van der Waals surface area (Å²) < 4.78 is 32.6. The number of hydrogen-bond acceptors (Lipinski definition) is 3. The lowest BCUT2D eigenvalue weighted by atomic mass is 10.1. The molecule has 0 amide bonds. The molecule has 0 aliphatic rings. The van der Waals surface area contributed by atoms with Crippen molar-refractivity contribution < 1.29 is 13.5 Å². The van der Waals surface area contributed by atoms with Gasteiger partial charge in [-0.25, -0.2) is 18.7 Å². The molecule has 0 bridgehead atoms. The molecule has 1 aromatic carbocycles. The molecule has 2 rings (SSSR count). The fourth-order valence-corrected chi connectivity index (χ4v) is 3.18. The van der Waals surface area contributed by atoms with E-state index >= 15 is 0 Å². The molecule has 0 aliphatic heterocycles. The van der Waals surface area contributed by atoms with E-state index in [0.29, 0.717) is 12.2 Å². The van der Waals surface area contributed by atoms with Crippen LogP contribution in [-0.4, -0.2) is 28.9 Å². The van der Waals surface area contributed by atoms with Gasteiger partial charge in [0.25, 0.3) is 0 Å². The summed E-state index contributed by atoms with van der Waals surface area (Å²) in [6.45, 7) is 3.80. The Hall–Kier alpha value is -2.04. The molecule has 0 spiro atoms. The van der Waals surface area contributed by atoms with Gasteiger partial charge < -0.3 is 4.74 Å². The van der Waals surface area contributed by atoms with Gasteiger partial charge in [0.1, 0.15) is 24.4 Å². The van der Waals surface area contributed by atoms with Crippen molar-refractivity contribution in [1.29, 1.82) is 0 Å². The molecule has 1 heterocycles. The summed E-state index contributed by atoms with van der Waals surface area (Å²) in [5.74, 6) is 1.41. The van der Waals surface area contributed by atoms with Gasteiger partial charge in [-0.05, 0) is 30.5 Å². The predicted molar refractivity (Wildman–Crippen MR) is 115 cm³/mol. The fraction of sp³-hybridized carbons (Fsp3) is 0.583. The number of hydrogen-bond donors (Lipinski definition) is 0. The molecular weight excluding hydrogens is 370 g/mol. The molecule has 0 aliphatic carbocycles. The maximum atomic E-state index is 13.7. The minimum absolute atomic E-state index is 0.221. The molecule has 1 aromatic heterocycles. The molecule has 29 heavy (non-hydrogen) atoms. The molecule has 0 fully saturated rings. The summed E-state index contributed by atoms with van der Waals surface area (Å²) in [4.78, 5) is 8.95. The van der Waals surface area contributed by atoms with Crippen molar-refractivity contribution in [3.05, 3.63) is 42.5 Å². The Morgan fingerprint density at radius 2 is 1.45 bits per heavy atom. The smallest absolute Gasteiger partial charge is 0.165 e. The zero-order chi connectivity index (χ0) is 20.9. The number of alkyl halides is 2. The molecule has 3 nitrogen and oxygen atoms in total. The lowest BCUT2D eigenvalue weighted by Crippen LogP contribution is -2.24. The van der Waals surface area contributed by atoms with Crippen molar-refractivity contribution in [2.24, 2.45) is 0 Å². The van der Waals surface area contributed by atoms with Crippen molar-refractivity contribution in [2.45, 2.75) is 84.0 Å². The molecule has 160 valence electrons. The summed E-state index contributed by atoms with van der Waals surface area (Å²) >= 11 is 0. The molecule has 0 unspecified atom stereocenters. The van der Waals surface area contributed by atoms with Crippen molar-refractivity contribution >= 4 is 0 Å². The van der Waals surface area contributed by atoms with Gasteiger partial charge in [0.05, 0.1) is 0 Å². The number of aromatic nitrogens is 2. The number of benzene rings is 1. The number of aryl methyl sites for hydroxylation is 1. The van der Waals surface area contributed by atoms with Gasteiger partial charge in [0, 0.05) is 24.4 Å². The van der Waals surface area contributed by atoms with Crippen LogP contribution in [0.15, 0.2) is 36.7 Å². The number of halogens is 2. The van der Waals surface area contributed by atoms with E-state index in [1.54, 1.807) is 12.1 Å². The second kappa shape index (κ2) is 13.2. The van der Waals surface area contributed by atoms with E-state index in [2.05, 4.69) is 16.9 Å². The van der Waals surface area contributed by atoms with E-state index in [-0.39, 0.29) is 13.0 Å². The quantitative estimate of drug-likeness (QED) is 0.321. The number of unbranched alkanes of at least 4 members (excludes halogenated alkanes) is 5. The monoisotopic (exact) mass is 404 g/mol. The van der Waals surface area contributed by atoms with Gasteiger partial charge in [-0.1, -0.05) is 64.5 Å². The van der Waals surface area contributed by atoms with Crippen molar-refractivity contribution in [1.82, 2.24) is 9.97 Å². The van der Waals surface area contributed by atoms with Crippen LogP contribution in [-0.2, 0) is 6.42 Å². The molecule has 0 saturated carbocycles. The Balaban J connectivity index is 1.79. The average Bonchev–Trinajstić information content (AvgIpc) is 2.75. The largest absolute Gasteiger partial charge is 0.490 e. The van der Waals surface area contributed by atoms with Gasteiger partial charge in [-0.2, -0.15) is 0 Å². The second-order valence-electron chi connectivity index (χ2n) is 7.56. The summed E-state index contributed by atoms with van der Waals surface area (Å²) in [6, 6.07) is 7.29. The van der Waals surface area contributed by atoms with Crippen molar-refractivity contribution in [2.75, 3.05) is 6.61 Å². The summed E-state index contributed by atoms with van der Waals surface area (Å²) in [5.41, 5.74) is 1.90. The zero-order valence-corrected chi connectivity index (χ0v) is 17.7. The van der Waals surface area contributed by atoms with Gasteiger partial charge in [-0.15, -0.1) is 0 Å². The normalized spacial score (nSPS) is 13.2. The zero-order valence-electron chi connectivity index (χ0n) is 17.7. The van der Waals surface area contributed by atoms with Crippen LogP contribution >= 0.6 is 0 Å². The van der Waals surface area contributed by atoms with Gasteiger partial charge in [0.15, 0.2) is 6.17 Å². The topological polar surface area (TPSA) is 35.0 Å². The van der Waals surface area contributed by atoms with Crippen LogP contribution < -0.4 is 4.74 Å². The SMILES string of the molecule is CCCCCCCCc1ncc(-c2ccc(OC[C@H](F)[C@@H](F)CCC)cc2)cn1. The third-order valence-electron chi connectivity index (χ3n) is 5.01. The van der Waals surface area contributed by atoms with Crippen molar-refractivity contribution in [3.8, 4) is 16.9 Å². The first kappa shape index (κ1) is 23.2. The van der Waals surface area contributed by atoms with Crippen LogP contribution in [0.1, 0.15) is 71.0 Å². The van der Waals surface area contributed by atoms with Gasteiger partial charge >= 0.3 is 0 Å². The molecule has 5 heteroatoms. The minimum Gasteiger partial charge on any atom is -0.490 e. The fourth-order valence-electron chi connectivity index (χ4n) is 3.18. The maximum Gasteiger partial charge on any atom is 0.165 e. The average molecular weight is 405 g/mol. The van der Waals surface area contributed by atoms with Crippen LogP contribution in [0.5, 0.6) is 5.75 Å². The van der Waals surface area contributed by atoms with E-state index < -0.39 is 12.3 Å². The first-order valence-electron chi connectivity index (χ1n) is 11.0. The first-order valence-corrected chi connectivity index (χ1v) is 11.0. The Kier molecular flexibility index (Phi) is 10.6. The molecule has 0 N–H and O–H groups in total. The molecule has 2 atom stereocenters. The van der Waals surface area contributed by atoms with Crippen molar-refractivity contribution in [3.63, 3.8) is 0 Å². The van der Waals surface area contributed by atoms with E-state index in [1.807, 2.05) is 31.5 Å². The van der Waals surface area contributed by atoms with Crippen LogP contribution in [0.2, 0.25) is 0 Å². The van der Waals surface area contributed by atoms with Crippen LogP contribution in [0.25, 0.3) is 11.1 Å². The van der Waals surface area contributed by atoms with E-state index in [1.165, 1.54) is 32.1 Å². The highest BCUT2D eigenvalue weighted by atomic mass is 19.2. The lowest BCUT2D eigenvalue weighted by Gasteiger charge is -2.14. The van der Waals surface area contributed by atoms with E-state index in [4.69, 9.17) is 4.74 Å². The predicted octanol–water partition coefficient (Wildman–Crippen LogP) is 6.90. The molecular formula is C24H34F2N2O. The molecule has 0 saturated heterocycles. The van der Waals surface area contributed by atoms with Crippen LogP contribution in [0.3, 0.4) is 0 Å². The lowest BCUT2D eigenvalue weighted by molar-refractivity contribution is 0.103. The summed E-state index contributed by atoms with van der Waals surface area (Å²) in [7, 11) is 0. The highest BCUT2D eigenvalue weighted by Gasteiger charge is 2.20. The van der Waals surface area contributed by atoms with Gasteiger partial charge in [0.2, 0.25) is 0 Å². The Morgan fingerprint density at radius 1 is 0.793 bits per heavy atom. The third kappa shape index (κ3) is 8.46. The highest BCUT2D eigenvalue weighted by Crippen LogP contribution is 2.22. The number of nitrogens with zero attached hydrogens (tertiary/aromatic N) is 2. The van der Waals surface area contributed by atoms with E-state index in [9.17, 15) is 8.78 Å². The Bertz CT molecular complexity index is 676.